The van der Waals surface area contributed by atoms with Crippen molar-refractivity contribution in [2.24, 2.45) is 0 Å². The van der Waals surface area contributed by atoms with Gasteiger partial charge in [-0.15, -0.1) is 0 Å². The van der Waals surface area contributed by atoms with Crippen molar-refractivity contribution in [3.63, 3.8) is 0 Å². The summed E-state index contributed by atoms with van der Waals surface area (Å²) in [5, 5.41) is 0. The number of pyridine rings is 1. The van der Waals surface area contributed by atoms with E-state index in [2.05, 4.69) is 25.6 Å². The third-order valence-corrected chi connectivity index (χ3v) is 4.82. The highest BCUT2D eigenvalue weighted by atomic mass is 79.9. The normalized spacial score (nSPS) is 11.3. The Balaban J connectivity index is 2.10. The van der Waals surface area contributed by atoms with Gasteiger partial charge in [0.1, 0.15) is 10.6 Å². The van der Waals surface area contributed by atoms with E-state index in [1.165, 1.54) is 13.2 Å². The lowest BCUT2D eigenvalue weighted by Gasteiger charge is -2.11. The molecule has 0 spiro atoms. The van der Waals surface area contributed by atoms with Crippen LogP contribution in [-0.4, -0.2) is 27.1 Å². The van der Waals surface area contributed by atoms with Crippen LogP contribution in [0.3, 0.4) is 0 Å². The van der Waals surface area contributed by atoms with Gasteiger partial charge in [-0.05, 0) is 36.2 Å². The van der Waals surface area contributed by atoms with E-state index in [1.807, 2.05) is 12.1 Å². The zero-order valence-electron chi connectivity index (χ0n) is 11.4. The lowest BCUT2D eigenvalue weighted by atomic mass is 10.2. The molecule has 0 aliphatic carbocycles. The quantitative estimate of drug-likeness (QED) is 0.847. The molecule has 0 aliphatic rings. The van der Waals surface area contributed by atoms with Gasteiger partial charge in [0.2, 0.25) is 10.0 Å². The molecule has 0 saturated carbocycles. The van der Waals surface area contributed by atoms with Gasteiger partial charge < -0.3 is 4.74 Å². The zero-order valence-corrected chi connectivity index (χ0v) is 13.8. The van der Waals surface area contributed by atoms with Gasteiger partial charge in [0, 0.05) is 23.4 Å². The lowest BCUT2D eigenvalue weighted by Crippen LogP contribution is -2.26. The molecule has 112 valence electrons. The summed E-state index contributed by atoms with van der Waals surface area (Å²) in [6.07, 6.45) is 3.97. The fraction of sp³-hybridized carbons (Fsp3) is 0.214. The molecule has 2 aromatic rings. The molecular weight excluding hydrogens is 356 g/mol. The van der Waals surface area contributed by atoms with Crippen LogP contribution in [0.2, 0.25) is 0 Å². The Kier molecular flexibility index (Phi) is 5.33. The van der Waals surface area contributed by atoms with Crippen molar-refractivity contribution in [1.82, 2.24) is 9.71 Å². The summed E-state index contributed by atoms with van der Waals surface area (Å²) in [7, 11) is -2.18. The molecular formula is C14H15BrN2O3S. The van der Waals surface area contributed by atoms with Gasteiger partial charge >= 0.3 is 0 Å². The molecule has 1 heterocycles. The van der Waals surface area contributed by atoms with Gasteiger partial charge in [-0.1, -0.05) is 22.0 Å². The fourth-order valence-corrected chi connectivity index (χ4v) is 3.55. The number of hydrogen-bond donors (Lipinski definition) is 1. The first-order valence-electron chi connectivity index (χ1n) is 6.25. The SMILES string of the molecule is COc1ccc(Br)cc1S(=O)(=O)NCCc1cccnc1. The smallest absolute Gasteiger partial charge is 0.244 e. The highest BCUT2D eigenvalue weighted by Crippen LogP contribution is 2.26. The Morgan fingerprint density at radius 3 is 2.81 bits per heavy atom. The summed E-state index contributed by atoms with van der Waals surface area (Å²) in [5.74, 6) is 0.312. The van der Waals surface area contributed by atoms with Gasteiger partial charge in [-0.3, -0.25) is 4.98 Å². The number of ether oxygens (including phenoxy) is 1. The van der Waals surface area contributed by atoms with E-state index in [1.54, 1.807) is 24.5 Å². The zero-order chi connectivity index (χ0) is 15.3. The maximum absolute atomic E-state index is 12.3. The van der Waals surface area contributed by atoms with E-state index in [4.69, 9.17) is 4.74 Å². The summed E-state index contributed by atoms with van der Waals surface area (Å²) in [4.78, 5) is 4.11. The van der Waals surface area contributed by atoms with E-state index >= 15 is 0 Å². The Hall–Kier alpha value is -1.44. The first kappa shape index (κ1) is 15.9. The van der Waals surface area contributed by atoms with Crippen LogP contribution >= 0.6 is 15.9 Å². The molecule has 1 aromatic heterocycles. The molecule has 5 nitrogen and oxygen atoms in total. The van der Waals surface area contributed by atoms with Crippen LogP contribution in [0, 0.1) is 0 Å². The minimum Gasteiger partial charge on any atom is -0.495 e. The average molecular weight is 371 g/mol. The number of nitrogens with zero attached hydrogens (tertiary/aromatic N) is 1. The van der Waals surface area contributed by atoms with Crippen LogP contribution in [-0.2, 0) is 16.4 Å². The second-order valence-corrected chi connectivity index (χ2v) is 6.96. The third kappa shape index (κ3) is 4.26. The first-order chi connectivity index (χ1) is 10.0. The second kappa shape index (κ2) is 7.02. The number of benzene rings is 1. The number of halogens is 1. The van der Waals surface area contributed by atoms with Crippen LogP contribution in [0.5, 0.6) is 5.75 Å². The monoisotopic (exact) mass is 370 g/mol. The Morgan fingerprint density at radius 1 is 1.33 bits per heavy atom. The molecule has 0 bridgehead atoms. The average Bonchev–Trinajstić information content (AvgIpc) is 2.48. The third-order valence-electron chi connectivity index (χ3n) is 2.84. The molecule has 0 aliphatic heterocycles. The number of aromatic nitrogens is 1. The van der Waals surface area contributed by atoms with Crippen molar-refractivity contribution >= 4 is 26.0 Å². The standard InChI is InChI=1S/C14H15BrN2O3S/c1-20-13-5-4-12(15)9-14(13)21(18,19)17-8-6-11-3-2-7-16-10-11/h2-5,7,9-10,17H,6,8H2,1H3. The second-order valence-electron chi connectivity index (χ2n) is 4.30. The number of sulfonamides is 1. The molecule has 2 rings (SSSR count). The van der Waals surface area contributed by atoms with Crippen molar-refractivity contribution in [2.45, 2.75) is 11.3 Å². The van der Waals surface area contributed by atoms with Gasteiger partial charge in [0.15, 0.2) is 0 Å². The van der Waals surface area contributed by atoms with E-state index in [0.29, 0.717) is 23.2 Å². The number of nitrogens with one attached hydrogen (secondary N) is 1. The number of hydrogen-bond acceptors (Lipinski definition) is 4. The van der Waals surface area contributed by atoms with Gasteiger partial charge in [0.05, 0.1) is 7.11 Å². The molecule has 7 heteroatoms. The number of rotatable bonds is 6. The van der Waals surface area contributed by atoms with Crippen LogP contribution in [0.25, 0.3) is 0 Å². The van der Waals surface area contributed by atoms with Crippen LogP contribution in [0.1, 0.15) is 5.56 Å². The molecule has 1 aromatic carbocycles. The van der Waals surface area contributed by atoms with Crippen LogP contribution in [0.4, 0.5) is 0 Å². The van der Waals surface area contributed by atoms with E-state index in [0.717, 1.165) is 5.56 Å². The molecule has 1 N–H and O–H groups in total. The molecule has 0 atom stereocenters. The van der Waals surface area contributed by atoms with Crippen molar-refractivity contribution in [3.8, 4) is 5.75 Å². The van der Waals surface area contributed by atoms with Crippen molar-refractivity contribution in [3.05, 3.63) is 52.8 Å². The van der Waals surface area contributed by atoms with Crippen LogP contribution < -0.4 is 9.46 Å². The maximum atomic E-state index is 12.3. The maximum Gasteiger partial charge on any atom is 0.244 e. The Morgan fingerprint density at radius 2 is 2.14 bits per heavy atom. The summed E-state index contributed by atoms with van der Waals surface area (Å²) >= 11 is 3.27. The van der Waals surface area contributed by atoms with E-state index in [9.17, 15) is 8.42 Å². The Labute approximate surface area is 132 Å². The summed E-state index contributed by atoms with van der Waals surface area (Å²) < 4.78 is 33.0. The van der Waals surface area contributed by atoms with E-state index < -0.39 is 10.0 Å². The van der Waals surface area contributed by atoms with Gasteiger partial charge in [-0.2, -0.15) is 0 Å². The molecule has 0 amide bonds. The highest BCUT2D eigenvalue weighted by molar-refractivity contribution is 9.10. The lowest BCUT2D eigenvalue weighted by molar-refractivity contribution is 0.402. The molecule has 0 fully saturated rings. The van der Waals surface area contributed by atoms with Crippen molar-refractivity contribution in [1.29, 1.82) is 0 Å². The molecule has 0 saturated heterocycles. The predicted octanol–water partition coefficient (Wildman–Crippen LogP) is 2.37. The van der Waals surface area contributed by atoms with Crippen LogP contribution in [0.15, 0.2) is 52.1 Å². The molecule has 0 radical (unpaired) electrons. The molecule has 21 heavy (non-hydrogen) atoms. The minimum atomic E-state index is -3.62. The highest BCUT2D eigenvalue weighted by Gasteiger charge is 2.19. The van der Waals surface area contributed by atoms with Crippen molar-refractivity contribution in [2.75, 3.05) is 13.7 Å². The number of methoxy groups -OCH3 is 1. The summed E-state index contributed by atoms with van der Waals surface area (Å²) in [6.45, 7) is 0.295. The van der Waals surface area contributed by atoms with Gasteiger partial charge in [0.25, 0.3) is 0 Å². The minimum absolute atomic E-state index is 0.116. The summed E-state index contributed by atoms with van der Waals surface area (Å²) in [6, 6.07) is 8.58. The molecule has 0 unspecified atom stereocenters. The van der Waals surface area contributed by atoms with Crippen molar-refractivity contribution < 1.29 is 13.2 Å². The first-order valence-corrected chi connectivity index (χ1v) is 8.52. The van der Waals surface area contributed by atoms with Gasteiger partial charge in [-0.25, -0.2) is 13.1 Å². The largest absolute Gasteiger partial charge is 0.495 e. The van der Waals surface area contributed by atoms with E-state index in [-0.39, 0.29) is 4.90 Å². The summed E-state index contributed by atoms with van der Waals surface area (Å²) in [5.41, 5.74) is 0.974. The Bertz CT molecular complexity index is 705. The predicted molar refractivity (Wildman–Crippen MR) is 83.8 cm³/mol. The fourth-order valence-electron chi connectivity index (χ4n) is 1.81. The topological polar surface area (TPSA) is 68.3 Å².